The van der Waals surface area contributed by atoms with Gasteiger partial charge in [0.1, 0.15) is 5.72 Å². The Hall–Kier alpha value is -0.0800. The fourth-order valence-corrected chi connectivity index (χ4v) is 0.667. The van der Waals surface area contributed by atoms with E-state index in [-0.39, 0.29) is 11.8 Å². The molecule has 0 aromatic carbocycles. The lowest BCUT2D eigenvalue weighted by Gasteiger charge is -2.31. The van der Waals surface area contributed by atoms with Crippen LogP contribution in [0.4, 0.5) is 0 Å². The van der Waals surface area contributed by atoms with Crippen molar-refractivity contribution >= 4 is 0 Å². The van der Waals surface area contributed by atoms with E-state index in [1.54, 1.807) is 0 Å². The van der Waals surface area contributed by atoms with Gasteiger partial charge in [0.15, 0.2) is 0 Å². The third kappa shape index (κ3) is 1.95. The van der Waals surface area contributed by atoms with Crippen LogP contribution in [0.25, 0.3) is 0 Å². The summed E-state index contributed by atoms with van der Waals surface area (Å²) in [6.07, 6.45) is 0. The van der Waals surface area contributed by atoms with Crippen molar-refractivity contribution in [2.75, 3.05) is 0 Å². The summed E-state index contributed by atoms with van der Waals surface area (Å²) in [5, 5.41) is 9.45. The summed E-state index contributed by atoms with van der Waals surface area (Å²) in [7, 11) is 0. The lowest BCUT2D eigenvalue weighted by Crippen LogP contribution is -2.49. The molecule has 0 spiro atoms. The van der Waals surface area contributed by atoms with Crippen molar-refractivity contribution in [2.45, 2.75) is 33.4 Å². The molecule has 0 saturated carbocycles. The lowest BCUT2D eigenvalue weighted by molar-refractivity contribution is -0.0409. The average molecular weight is 131 g/mol. The van der Waals surface area contributed by atoms with Crippen molar-refractivity contribution < 1.29 is 5.11 Å². The van der Waals surface area contributed by atoms with Gasteiger partial charge in [-0.15, -0.1) is 0 Å². The average Bonchev–Trinajstić information content (AvgIpc) is 1.65. The number of nitrogens with two attached hydrogens (primary N) is 1. The molecule has 0 fully saturated rings. The van der Waals surface area contributed by atoms with Gasteiger partial charge in [0.25, 0.3) is 0 Å². The predicted molar refractivity (Wildman–Crippen MR) is 38.8 cm³/mol. The minimum Gasteiger partial charge on any atom is -0.376 e. The van der Waals surface area contributed by atoms with Gasteiger partial charge in [-0.05, 0) is 11.8 Å². The molecule has 0 saturated heterocycles. The van der Waals surface area contributed by atoms with Gasteiger partial charge in [0.05, 0.1) is 0 Å². The molecule has 9 heavy (non-hydrogen) atoms. The van der Waals surface area contributed by atoms with E-state index in [0.717, 1.165) is 0 Å². The van der Waals surface area contributed by atoms with Gasteiger partial charge in [0.2, 0.25) is 0 Å². The summed E-state index contributed by atoms with van der Waals surface area (Å²) in [6, 6.07) is 0. The van der Waals surface area contributed by atoms with Crippen LogP contribution in [0.2, 0.25) is 0 Å². The summed E-state index contributed by atoms with van der Waals surface area (Å²) >= 11 is 0. The second-order valence-electron chi connectivity index (χ2n) is 3.20. The quantitative estimate of drug-likeness (QED) is 0.548. The highest BCUT2D eigenvalue weighted by Gasteiger charge is 2.28. The number of hydrogen-bond acceptors (Lipinski definition) is 2. The zero-order valence-corrected chi connectivity index (χ0v) is 6.68. The monoisotopic (exact) mass is 131 g/mol. The molecule has 0 aliphatic rings. The molecule has 0 heterocycles. The first-order chi connectivity index (χ1) is 3.89. The van der Waals surface area contributed by atoms with Crippen LogP contribution in [0.3, 0.4) is 0 Å². The Kier molecular flexibility index (Phi) is 2.65. The van der Waals surface area contributed by atoms with Gasteiger partial charge in [-0.1, -0.05) is 27.7 Å². The molecule has 0 aromatic rings. The van der Waals surface area contributed by atoms with E-state index >= 15 is 0 Å². The Morgan fingerprint density at radius 1 is 1.11 bits per heavy atom. The standard InChI is InChI=1S/C7H17NO/c1-5(2)7(8,9)6(3)4/h5-6,9H,8H2,1-4H3. The van der Waals surface area contributed by atoms with E-state index in [1.807, 2.05) is 27.7 Å². The fraction of sp³-hybridized carbons (Fsp3) is 1.00. The van der Waals surface area contributed by atoms with Crippen molar-refractivity contribution in [1.82, 2.24) is 0 Å². The van der Waals surface area contributed by atoms with E-state index in [0.29, 0.717) is 0 Å². The molecule has 0 unspecified atom stereocenters. The Balaban J connectivity index is 4.01. The van der Waals surface area contributed by atoms with E-state index in [1.165, 1.54) is 0 Å². The summed E-state index contributed by atoms with van der Waals surface area (Å²) in [5.74, 6) is 0.245. The summed E-state index contributed by atoms with van der Waals surface area (Å²) < 4.78 is 0. The third-order valence-corrected chi connectivity index (χ3v) is 1.85. The summed E-state index contributed by atoms with van der Waals surface area (Å²) in [5.41, 5.74) is 4.56. The zero-order valence-electron chi connectivity index (χ0n) is 6.68. The van der Waals surface area contributed by atoms with E-state index < -0.39 is 5.72 Å². The fourth-order valence-electron chi connectivity index (χ4n) is 0.667. The molecule has 0 radical (unpaired) electrons. The van der Waals surface area contributed by atoms with Crippen LogP contribution in [0.15, 0.2) is 0 Å². The molecule has 3 N–H and O–H groups in total. The van der Waals surface area contributed by atoms with Gasteiger partial charge < -0.3 is 10.8 Å². The maximum atomic E-state index is 9.45. The minimum atomic E-state index is -1.00. The molecular formula is C7H17NO. The molecule has 0 rings (SSSR count). The molecule has 0 aliphatic carbocycles. The smallest absolute Gasteiger partial charge is 0.118 e. The van der Waals surface area contributed by atoms with E-state index in [2.05, 4.69) is 0 Å². The Morgan fingerprint density at radius 2 is 1.33 bits per heavy atom. The molecule has 56 valence electrons. The Morgan fingerprint density at radius 3 is 1.33 bits per heavy atom. The number of rotatable bonds is 2. The molecule has 0 amide bonds. The van der Waals surface area contributed by atoms with Crippen LogP contribution < -0.4 is 5.73 Å². The van der Waals surface area contributed by atoms with Gasteiger partial charge in [-0.25, -0.2) is 0 Å². The van der Waals surface area contributed by atoms with Crippen molar-refractivity contribution in [1.29, 1.82) is 0 Å². The number of hydrogen-bond donors (Lipinski definition) is 2. The maximum absolute atomic E-state index is 9.45. The van der Waals surface area contributed by atoms with Crippen LogP contribution in [0.5, 0.6) is 0 Å². The summed E-state index contributed by atoms with van der Waals surface area (Å²) in [4.78, 5) is 0. The first-order valence-corrected chi connectivity index (χ1v) is 3.40. The highest BCUT2D eigenvalue weighted by atomic mass is 16.3. The number of aliphatic hydroxyl groups is 1. The first kappa shape index (κ1) is 8.92. The minimum absolute atomic E-state index is 0.123. The van der Waals surface area contributed by atoms with Gasteiger partial charge in [0, 0.05) is 0 Å². The first-order valence-electron chi connectivity index (χ1n) is 3.40. The van der Waals surface area contributed by atoms with Gasteiger partial charge in [-0.2, -0.15) is 0 Å². The topological polar surface area (TPSA) is 46.2 Å². The highest BCUT2D eigenvalue weighted by Crippen LogP contribution is 2.19. The van der Waals surface area contributed by atoms with Crippen LogP contribution in [-0.4, -0.2) is 10.8 Å². The molecule has 2 nitrogen and oxygen atoms in total. The third-order valence-electron chi connectivity index (χ3n) is 1.85. The molecule has 0 aromatic heterocycles. The SMILES string of the molecule is CC(C)C(N)(O)C(C)C. The van der Waals surface area contributed by atoms with Crippen LogP contribution >= 0.6 is 0 Å². The van der Waals surface area contributed by atoms with Crippen molar-refractivity contribution in [3.63, 3.8) is 0 Å². The van der Waals surface area contributed by atoms with Crippen LogP contribution in [0.1, 0.15) is 27.7 Å². The summed E-state index contributed by atoms with van der Waals surface area (Å²) in [6.45, 7) is 7.67. The van der Waals surface area contributed by atoms with Crippen molar-refractivity contribution in [3.05, 3.63) is 0 Å². The van der Waals surface area contributed by atoms with Crippen molar-refractivity contribution in [2.24, 2.45) is 17.6 Å². The second kappa shape index (κ2) is 2.67. The highest BCUT2D eigenvalue weighted by molar-refractivity contribution is 4.77. The molecular weight excluding hydrogens is 114 g/mol. The predicted octanol–water partition coefficient (Wildman–Crippen LogP) is 0.946. The van der Waals surface area contributed by atoms with Crippen LogP contribution in [0, 0.1) is 11.8 Å². The molecule has 0 aliphatic heterocycles. The molecule has 0 atom stereocenters. The Labute approximate surface area is 57.1 Å². The molecule has 2 heteroatoms. The van der Waals surface area contributed by atoms with E-state index in [9.17, 15) is 5.11 Å². The maximum Gasteiger partial charge on any atom is 0.118 e. The second-order valence-corrected chi connectivity index (χ2v) is 3.20. The largest absolute Gasteiger partial charge is 0.376 e. The lowest BCUT2D eigenvalue weighted by atomic mass is 9.90. The van der Waals surface area contributed by atoms with Gasteiger partial charge >= 0.3 is 0 Å². The van der Waals surface area contributed by atoms with Crippen LogP contribution in [-0.2, 0) is 0 Å². The van der Waals surface area contributed by atoms with Crippen molar-refractivity contribution in [3.8, 4) is 0 Å². The Bertz CT molecular complexity index is 76.9. The molecule has 0 bridgehead atoms. The van der Waals surface area contributed by atoms with Gasteiger partial charge in [-0.3, -0.25) is 0 Å². The normalized spacial score (nSPS) is 13.3. The zero-order chi connectivity index (χ0) is 7.65. The van der Waals surface area contributed by atoms with E-state index in [4.69, 9.17) is 5.73 Å².